The summed E-state index contributed by atoms with van der Waals surface area (Å²) in [7, 11) is 0. The smallest absolute Gasteiger partial charge is 0.125 e. The van der Waals surface area contributed by atoms with Crippen molar-refractivity contribution in [1.82, 2.24) is 0 Å². The van der Waals surface area contributed by atoms with Gasteiger partial charge in [-0.3, -0.25) is 0 Å². The van der Waals surface area contributed by atoms with Gasteiger partial charge in [-0.2, -0.15) is 0 Å². The van der Waals surface area contributed by atoms with Gasteiger partial charge < -0.3 is 9.84 Å². The second-order valence-electron chi connectivity index (χ2n) is 5.14. The van der Waals surface area contributed by atoms with Gasteiger partial charge >= 0.3 is 0 Å². The maximum atomic E-state index is 9.81. The second-order valence-corrected chi connectivity index (χ2v) is 6.06. The number of aryl methyl sites for hydroxylation is 2. The lowest BCUT2D eigenvalue weighted by Crippen LogP contribution is -2.01. The van der Waals surface area contributed by atoms with Crippen LogP contribution in [0.5, 0.6) is 5.75 Å². The number of ether oxygens (including phenoxy) is 1. The van der Waals surface area contributed by atoms with Crippen LogP contribution in [0.3, 0.4) is 0 Å². The standard InChI is InChI=1S/C17H19BrO2/c1-11-6-12(2)8-14(7-11)10-20-17-5-4-15(18)9-16(17)13(3)19/h4-9,13,19H,10H2,1-3H3/t13-/m1/s1. The summed E-state index contributed by atoms with van der Waals surface area (Å²) in [5, 5.41) is 9.81. The largest absolute Gasteiger partial charge is 0.489 e. The summed E-state index contributed by atoms with van der Waals surface area (Å²) < 4.78 is 6.81. The molecule has 0 aromatic heterocycles. The Morgan fingerprint density at radius 2 is 1.75 bits per heavy atom. The average Bonchev–Trinajstić information content (AvgIpc) is 2.36. The summed E-state index contributed by atoms with van der Waals surface area (Å²) in [6.07, 6.45) is -0.554. The third-order valence-corrected chi connectivity index (χ3v) is 3.59. The fraction of sp³-hybridized carbons (Fsp3) is 0.294. The highest BCUT2D eigenvalue weighted by Crippen LogP contribution is 2.29. The summed E-state index contributed by atoms with van der Waals surface area (Å²) >= 11 is 3.41. The summed E-state index contributed by atoms with van der Waals surface area (Å²) in [6, 6.07) is 12.1. The molecule has 0 aliphatic heterocycles. The van der Waals surface area contributed by atoms with Crippen molar-refractivity contribution in [2.45, 2.75) is 33.5 Å². The van der Waals surface area contributed by atoms with E-state index in [1.807, 2.05) is 18.2 Å². The highest BCUT2D eigenvalue weighted by Gasteiger charge is 2.10. The minimum atomic E-state index is -0.554. The van der Waals surface area contributed by atoms with E-state index in [1.165, 1.54) is 11.1 Å². The van der Waals surface area contributed by atoms with Gasteiger partial charge in [-0.25, -0.2) is 0 Å². The molecule has 0 amide bonds. The Balaban J connectivity index is 2.18. The molecule has 1 N–H and O–H groups in total. The fourth-order valence-corrected chi connectivity index (χ4v) is 2.67. The summed E-state index contributed by atoms with van der Waals surface area (Å²) in [5.74, 6) is 0.724. The van der Waals surface area contributed by atoms with Gasteiger partial charge in [-0.05, 0) is 44.5 Å². The molecular weight excluding hydrogens is 316 g/mol. The molecule has 2 aromatic carbocycles. The van der Waals surface area contributed by atoms with Crippen LogP contribution in [0.25, 0.3) is 0 Å². The number of benzene rings is 2. The topological polar surface area (TPSA) is 29.5 Å². The van der Waals surface area contributed by atoms with Crippen LogP contribution in [0.4, 0.5) is 0 Å². The van der Waals surface area contributed by atoms with E-state index < -0.39 is 6.10 Å². The highest BCUT2D eigenvalue weighted by molar-refractivity contribution is 9.10. The lowest BCUT2D eigenvalue weighted by molar-refractivity contribution is 0.190. The number of rotatable bonds is 4. The Bertz CT molecular complexity index is 586. The molecule has 2 nitrogen and oxygen atoms in total. The Kier molecular flexibility index (Phi) is 4.84. The summed E-state index contributed by atoms with van der Waals surface area (Å²) in [5.41, 5.74) is 4.40. The zero-order chi connectivity index (χ0) is 14.7. The number of hydrogen-bond acceptors (Lipinski definition) is 2. The van der Waals surface area contributed by atoms with Gasteiger partial charge in [0.05, 0.1) is 6.10 Å². The van der Waals surface area contributed by atoms with E-state index in [0.717, 1.165) is 21.3 Å². The minimum Gasteiger partial charge on any atom is -0.489 e. The number of halogens is 1. The van der Waals surface area contributed by atoms with Crippen molar-refractivity contribution in [3.05, 3.63) is 63.1 Å². The molecule has 0 spiro atoms. The second kappa shape index (κ2) is 6.42. The van der Waals surface area contributed by atoms with Gasteiger partial charge in [-0.1, -0.05) is 45.3 Å². The van der Waals surface area contributed by atoms with E-state index in [2.05, 4.69) is 48.0 Å². The molecule has 2 aromatic rings. The summed E-state index contributed by atoms with van der Waals surface area (Å²) in [4.78, 5) is 0. The first kappa shape index (κ1) is 15.1. The van der Waals surface area contributed by atoms with E-state index in [4.69, 9.17) is 4.74 Å². The van der Waals surface area contributed by atoms with Crippen LogP contribution in [-0.4, -0.2) is 5.11 Å². The SMILES string of the molecule is Cc1cc(C)cc(COc2ccc(Br)cc2[C@@H](C)O)c1. The van der Waals surface area contributed by atoms with Crippen molar-refractivity contribution < 1.29 is 9.84 Å². The number of aliphatic hydroxyl groups is 1. The molecule has 3 heteroatoms. The molecule has 106 valence electrons. The van der Waals surface area contributed by atoms with Crippen LogP contribution < -0.4 is 4.74 Å². The van der Waals surface area contributed by atoms with Gasteiger partial charge in [0.15, 0.2) is 0 Å². The first-order valence-electron chi connectivity index (χ1n) is 6.63. The third-order valence-electron chi connectivity index (χ3n) is 3.10. The van der Waals surface area contributed by atoms with Gasteiger partial charge in [0, 0.05) is 10.0 Å². The maximum Gasteiger partial charge on any atom is 0.125 e. The molecule has 0 aliphatic carbocycles. The fourth-order valence-electron chi connectivity index (χ4n) is 2.29. The van der Waals surface area contributed by atoms with E-state index in [0.29, 0.717) is 6.61 Å². The van der Waals surface area contributed by atoms with E-state index in [1.54, 1.807) is 6.92 Å². The molecule has 0 saturated carbocycles. The molecule has 2 rings (SSSR count). The molecule has 0 heterocycles. The average molecular weight is 335 g/mol. The minimum absolute atomic E-state index is 0.504. The first-order chi connectivity index (χ1) is 9.45. The molecule has 0 saturated heterocycles. The molecule has 0 unspecified atom stereocenters. The predicted octanol–water partition coefficient (Wildman–Crippen LogP) is 4.70. The predicted molar refractivity (Wildman–Crippen MR) is 85.0 cm³/mol. The van der Waals surface area contributed by atoms with Gasteiger partial charge in [-0.15, -0.1) is 0 Å². The van der Waals surface area contributed by atoms with Gasteiger partial charge in [0.25, 0.3) is 0 Å². The molecular formula is C17H19BrO2. The number of aliphatic hydroxyl groups excluding tert-OH is 1. The van der Waals surface area contributed by atoms with E-state index in [-0.39, 0.29) is 0 Å². The molecule has 1 atom stereocenters. The maximum absolute atomic E-state index is 9.81. The Hall–Kier alpha value is -1.32. The molecule has 0 aliphatic rings. The third kappa shape index (κ3) is 3.84. The quantitative estimate of drug-likeness (QED) is 0.878. The molecule has 20 heavy (non-hydrogen) atoms. The zero-order valence-electron chi connectivity index (χ0n) is 12.0. The van der Waals surface area contributed by atoms with Crippen LogP contribution in [-0.2, 0) is 6.61 Å². The van der Waals surface area contributed by atoms with Crippen LogP contribution in [0.1, 0.15) is 35.3 Å². The van der Waals surface area contributed by atoms with Crippen LogP contribution in [0.2, 0.25) is 0 Å². The zero-order valence-corrected chi connectivity index (χ0v) is 13.6. The van der Waals surface area contributed by atoms with Gasteiger partial charge in [0.1, 0.15) is 12.4 Å². The van der Waals surface area contributed by atoms with Gasteiger partial charge in [0.2, 0.25) is 0 Å². The lowest BCUT2D eigenvalue weighted by Gasteiger charge is -2.14. The van der Waals surface area contributed by atoms with Crippen LogP contribution in [0.15, 0.2) is 40.9 Å². The van der Waals surface area contributed by atoms with Crippen molar-refractivity contribution in [2.24, 2.45) is 0 Å². The number of hydrogen-bond donors (Lipinski definition) is 1. The van der Waals surface area contributed by atoms with E-state index in [9.17, 15) is 5.11 Å². The Morgan fingerprint density at radius 1 is 1.10 bits per heavy atom. The lowest BCUT2D eigenvalue weighted by atomic mass is 10.1. The normalized spacial score (nSPS) is 12.2. The van der Waals surface area contributed by atoms with Crippen molar-refractivity contribution in [1.29, 1.82) is 0 Å². The monoisotopic (exact) mass is 334 g/mol. The molecule has 0 radical (unpaired) electrons. The highest BCUT2D eigenvalue weighted by atomic mass is 79.9. The van der Waals surface area contributed by atoms with Crippen LogP contribution >= 0.6 is 15.9 Å². The summed E-state index contributed by atoms with van der Waals surface area (Å²) in [6.45, 7) is 6.41. The van der Waals surface area contributed by atoms with Crippen molar-refractivity contribution in [2.75, 3.05) is 0 Å². The van der Waals surface area contributed by atoms with Crippen molar-refractivity contribution in [3.63, 3.8) is 0 Å². The molecule has 0 bridgehead atoms. The van der Waals surface area contributed by atoms with Crippen molar-refractivity contribution >= 4 is 15.9 Å². The first-order valence-corrected chi connectivity index (χ1v) is 7.42. The van der Waals surface area contributed by atoms with E-state index >= 15 is 0 Å². The van der Waals surface area contributed by atoms with Crippen molar-refractivity contribution in [3.8, 4) is 5.75 Å². The Morgan fingerprint density at radius 3 is 2.35 bits per heavy atom. The Labute approximate surface area is 128 Å². The van der Waals surface area contributed by atoms with Crippen LogP contribution in [0, 0.1) is 13.8 Å². The molecule has 0 fully saturated rings.